The molecule has 1 fully saturated rings. The number of aliphatic hydroxyl groups is 1. The maximum absolute atomic E-state index is 13.3. The zero-order chi connectivity index (χ0) is 28.1. The number of H-pyrrole nitrogens is 1. The largest absolute Gasteiger partial charge is 0.433 e. The molecular weight excluding hydrogens is 521 g/mol. The molecule has 0 spiro atoms. The van der Waals surface area contributed by atoms with Crippen LogP contribution in [0.1, 0.15) is 52.8 Å². The number of carbonyl (C=O) groups is 1. The molecule has 1 aliphatic carbocycles. The summed E-state index contributed by atoms with van der Waals surface area (Å²) in [6.45, 7) is 0.279. The number of alkyl halides is 3. The second-order valence-corrected chi connectivity index (χ2v) is 10.3. The lowest BCUT2D eigenvalue weighted by atomic mass is 9.94. The molecule has 1 amide bonds. The molecule has 1 saturated carbocycles. The molecule has 1 atom stereocenters. The Morgan fingerprint density at radius 2 is 1.77 bits per heavy atom. The first kappa shape index (κ1) is 25.9. The van der Waals surface area contributed by atoms with Gasteiger partial charge in [-0.3, -0.25) is 14.6 Å². The van der Waals surface area contributed by atoms with Crippen molar-refractivity contribution in [3.63, 3.8) is 0 Å². The maximum Gasteiger partial charge on any atom is 0.433 e. The zero-order valence-corrected chi connectivity index (χ0v) is 21.3. The minimum atomic E-state index is -4.60. The fourth-order valence-corrected chi connectivity index (χ4v) is 5.35. The molecule has 0 radical (unpaired) electrons. The van der Waals surface area contributed by atoms with E-state index in [0.29, 0.717) is 29.1 Å². The number of hydrogen-bond donors (Lipinski definition) is 2. The smallest absolute Gasteiger partial charge is 0.378 e. The van der Waals surface area contributed by atoms with Crippen LogP contribution in [0.3, 0.4) is 0 Å². The van der Waals surface area contributed by atoms with Gasteiger partial charge >= 0.3 is 6.18 Å². The molecule has 2 aromatic heterocycles. The molecule has 204 valence electrons. The monoisotopic (exact) mass is 546 g/mol. The fourth-order valence-electron chi connectivity index (χ4n) is 5.35. The molecule has 1 aliphatic heterocycles. The summed E-state index contributed by atoms with van der Waals surface area (Å²) < 4.78 is 39.3. The number of hydrogen-bond acceptors (Lipinski definition) is 5. The van der Waals surface area contributed by atoms with Crippen LogP contribution in [0.2, 0.25) is 0 Å². The Kier molecular flexibility index (Phi) is 6.29. The Balaban J connectivity index is 1.22. The Morgan fingerprint density at radius 1 is 1.02 bits per heavy atom. The van der Waals surface area contributed by atoms with Crippen molar-refractivity contribution in [1.29, 1.82) is 0 Å². The van der Waals surface area contributed by atoms with Crippen molar-refractivity contribution in [3.05, 3.63) is 117 Å². The minimum Gasteiger partial charge on any atom is -0.378 e. The van der Waals surface area contributed by atoms with E-state index >= 15 is 0 Å². The van der Waals surface area contributed by atoms with Gasteiger partial charge in [-0.15, -0.1) is 0 Å². The average Bonchev–Trinajstić information content (AvgIpc) is 3.79. The van der Waals surface area contributed by atoms with Crippen LogP contribution in [0.15, 0.2) is 77.7 Å². The van der Waals surface area contributed by atoms with Crippen LogP contribution < -0.4 is 5.56 Å². The van der Waals surface area contributed by atoms with E-state index in [4.69, 9.17) is 4.98 Å². The number of carbonyl (C=O) groups excluding carboxylic acids is 1. The number of halogens is 3. The summed E-state index contributed by atoms with van der Waals surface area (Å²) in [5, 5.41) is 10.9. The van der Waals surface area contributed by atoms with Gasteiger partial charge in [0.1, 0.15) is 11.5 Å². The third-order valence-electron chi connectivity index (χ3n) is 7.73. The Hall–Kier alpha value is -4.31. The number of rotatable bonds is 5. The highest BCUT2D eigenvalue weighted by molar-refractivity contribution is 5.83. The maximum atomic E-state index is 13.3. The van der Waals surface area contributed by atoms with Crippen molar-refractivity contribution in [1.82, 2.24) is 19.9 Å². The number of fused-ring (bicyclic) bond motifs is 1. The Bertz CT molecular complexity index is 1650. The molecule has 10 heteroatoms. The molecule has 2 N–H and O–H groups in total. The van der Waals surface area contributed by atoms with Crippen molar-refractivity contribution >= 4 is 5.91 Å². The third kappa shape index (κ3) is 4.68. The first-order chi connectivity index (χ1) is 19.2. The zero-order valence-electron chi connectivity index (χ0n) is 21.3. The normalized spacial score (nSPS) is 16.8. The highest BCUT2D eigenvalue weighted by Gasteiger charge is 2.48. The molecule has 3 heterocycles. The summed E-state index contributed by atoms with van der Waals surface area (Å²) in [4.78, 5) is 38.9. The Labute approximate surface area is 227 Å². The lowest BCUT2D eigenvalue weighted by Gasteiger charge is -2.30. The Morgan fingerprint density at radius 3 is 2.50 bits per heavy atom. The van der Waals surface area contributed by atoms with E-state index in [0.717, 1.165) is 30.7 Å². The molecule has 4 aromatic rings. The van der Waals surface area contributed by atoms with Crippen LogP contribution in [0.4, 0.5) is 13.2 Å². The van der Waals surface area contributed by atoms with Gasteiger partial charge < -0.3 is 15.0 Å². The molecule has 0 saturated heterocycles. The van der Waals surface area contributed by atoms with Gasteiger partial charge in [0.15, 0.2) is 6.10 Å². The molecule has 0 bridgehead atoms. The summed E-state index contributed by atoms with van der Waals surface area (Å²) in [5.41, 5.74) is 1.43. The van der Waals surface area contributed by atoms with E-state index < -0.39 is 23.9 Å². The van der Waals surface area contributed by atoms with E-state index in [1.54, 1.807) is 12.1 Å². The second kappa shape index (κ2) is 9.71. The van der Waals surface area contributed by atoms with Crippen molar-refractivity contribution < 1.29 is 23.1 Å². The number of nitrogens with one attached hydrogen (secondary N) is 1. The predicted octanol–water partition coefficient (Wildman–Crippen LogP) is 4.55. The number of aliphatic hydroxyl groups excluding tert-OH is 1. The number of amides is 1. The van der Waals surface area contributed by atoms with Crippen LogP contribution in [0.5, 0.6) is 0 Å². The fraction of sp³-hybridized carbons (Fsp3) is 0.267. The van der Waals surface area contributed by atoms with Crippen LogP contribution in [0, 0.1) is 0 Å². The standard InChI is InChI=1S/C30H25F3N4O3/c31-30(32,33)24-16-19(9-13-34-24)18-5-4-6-20(15-18)25(38)27(40)37-14-10-23-22(17-37)26(39)36-28(35-23)29(11-12-29)21-7-2-1-3-8-21/h1-9,13,15-16,25,38H,10-12,14,17H2,(H,35,36,39)/t25-/m1/s1. The van der Waals surface area contributed by atoms with E-state index in [-0.39, 0.29) is 35.2 Å². The molecule has 0 unspecified atom stereocenters. The number of pyridine rings is 1. The first-order valence-corrected chi connectivity index (χ1v) is 12.9. The minimum absolute atomic E-state index is 0.00512. The lowest BCUT2D eigenvalue weighted by Crippen LogP contribution is -2.42. The highest BCUT2D eigenvalue weighted by atomic mass is 19.4. The second-order valence-electron chi connectivity index (χ2n) is 10.3. The van der Waals surface area contributed by atoms with E-state index in [1.165, 1.54) is 23.1 Å². The van der Waals surface area contributed by atoms with Crippen LogP contribution >= 0.6 is 0 Å². The van der Waals surface area contributed by atoms with E-state index in [2.05, 4.69) is 9.97 Å². The van der Waals surface area contributed by atoms with Gasteiger partial charge in [0.2, 0.25) is 0 Å². The van der Waals surface area contributed by atoms with Gasteiger partial charge in [0.25, 0.3) is 11.5 Å². The molecule has 6 rings (SSSR count). The predicted molar refractivity (Wildman–Crippen MR) is 140 cm³/mol. The summed E-state index contributed by atoms with van der Waals surface area (Å²) in [6, 6.07) is 18.5. The molecule has 2 aromatic carbocycles. The number of nitrogens with zero attached hydrogens (tertiary/aromatic N) is 3. The number of aromatic nitrogens is 3. The van der Waals surface area contributed by atoms with Gasteiger partial charge in [-0.05, 0) is 53.3 Å². The number of benzene rings is 2. The van der Waals surface area contributed by atoms with Crippen molar-refractivity contribution in [2.75, 3.05) is 6.54 Å². The van der Waals surface area contributed by atoms with E-state index in [9.17, 15) is 27.9 Å². The van der Waals surface area contributed by atoms with Gasteiger partial charge in [0, 0.05) is 19.2 Å². The lowest BCUT2D eigenvalue weighted by molar-refractivity contribution is -0.142. The van der Waals surface area contributed by atoms with Gasteiger partial charge in [-0.1, -0.05) is 48.5 Å². The summed E-state index contributed by atoms with van der Waals surface area (Å²) in [5.74, 6) is 0.0452. The molecule has 7 nitrogen and oxygen atoms in total. The third-order valence-corrected chi connectivity index (χ3v) is 7.73. The van der Waals surface area contributed by atoms with Gasteiger partial charge in [-0.2, -0.15) is 13.2 Å². The topological polar surface area (TPSA) is 99.2 Å². The van der Waals surface area contributed by atoms with Crippen molar-refractivity contribution in [2.45, 2.75) is 43.5 Å². The van der Waals surface area contributed by atoms with Crippen LogP contribution in [-0.2, 0) is 29.4 Å². The van der Waals surface area contributed by atoms with Crippen molar-refractivity contribution in [2.24, 2.45) is 0 Å². The van der Waals surface area contributed by atoms with E-state index in [1.807, 2.05) is 30.3 Å². The summed E-state index contributed by atoms with van der Waals surface area (Å²) in [7, 11) is 0. The summed E-state index contributed by atoms with van der Waals surface area (Å²) in [6.07, 6.45) is -2.92. The van der Waals surface area contributed by atoms with Gasteiger partial charge in [-0.25, -0.2) is 4.98 Å². The quantitative estimate of drug-likeness (QED) is 0.383. The molecular formula is C30H25F3N4O3. The highest BCUT2D eigenvalue weighted by Crippen LogP contribution is 2.52. The van der Waals surface area contributed by atoms with Crippen LogP contribution in [-0.4, -0.2) is 37.4 Å². The molecule has 40 heavy (non-hydrogen) atoms. The van der Waals surface area contributed by atoms with Gasteiger partial charge in [0.05, 0.1) is 23.2 Å². The van der Waals surface area contributed by atoms with Crippen molar-refractivity contribution in [3.8, 4) is 11.1 Å². The molecule has 2 aliphatic rings. The first-order valence-electron chi connectivity index (χ1n) is 12.9. The average molecular weight is 547 g/mol. The summed E-state index contributed by atoms with van der Waals surface area (Å²) >= 11 is 0. The van der Waals surface area contributed by atoms with Crippen LogP contribution in [0.25, 0.3) is 11.1 Å². The SMILES string of the molecule is O=C([C@H](O)c1cccc(-c2ccnc(C(F)(F)F)c2)c1)N1CCc2nc(C3(c4ccccc4)CC3)[nH]c(=O)c2C1. The number of aromatic amines is 1.